The van der Waals surface area contributed by atoms with Gasteiger partial charge in [0.15, 0.2) is 11.5 Å². The highest BCUT2D eigenvalue weighted by Crippen LogP contribution is 2.42. The van der Waals surface area contributed by atoms with Crippen molar-refractivity contribution in [3.05, 3.63) is 81.6 Å². The number of para-hydroxylation sites is 2. The van der Waals surface area contributed by atoms with Crippen molar-refractivity contribution in [2.24, 2.45) is 0 Å². The predicted octanol–water partition coefficient (Wildman–Crippen LogP) is 5.51. The summed E-state index contributed by atoms with van der Waals surface area (Å²) in [6.07, 6.45) is 3.33. The van der Waals surface area contributed by atoms with Gasteiger partial charge in [0.05, 0.1) is 42.4 Å². The SMILES string of the molecule is COc1cc(C(=O)N2CCC(CCN3CCCN(c4nc5ccccc5n4CCc4nnn[nH]4)CC3)(c3ccc(Cl)c(Cl)c3)C2)cc(OC)c1OC. The molecule has 2 fully saturated rings. The number of nitrogens with zero attached hydrogens (tertiary/aromatic N) is 8. The Bertz CT molecular complexity index is 2000. The van der Waals surface area contributed by atoms with E-state index < -0.39 is 0 Å². The average Bonchev–Trinajstić information content (AvgIpc) is 3.90. The highest BCUT2D eigenvalue weighted by molar-refractivity contribution is 6.42. The van der Waals surface area contributed by atoms with Crippen molar-refractivity contribution >= 4 is 46.1 Å². The maximum absolute atomic E-state index is 14.0. The van der Waals surface area contributed by atoms with Crippen molar-refractivity contribution in [3.8, 4) is 17.2 Å². The molecule has 274 valence electrons. The number of ether oxygens (including phenoxy) is 3. The number of likely N-dealkylation sites (tertiary alicyclic amines) is 1. The van der Waals surface area contributed by atoms with E-state index in [4.69, 9.17) is 42.4 Å². The van der Waals surface area contributed by atoms with E-state index in [0.717, 1.165) is 80.4 Å². The lowest BCUT2D eigenvalue weighted by Crippen LogP contribution is -2.39. The fourth-order valence-corrected chi connectivity index (χ4v) is 7.93. The zero-order valence-corrected chi connectivity index (χ0v) is 31.2. The quantitative estimate of drug-likeness (QED) is 0.175. The minimum Gasteiger partial charge on any atom is -0.493 e. The first-order valence-corrected chi connectivity index (χ1v) is 18.3. The van der Waals surface area contributed by atoms with E-state index in [2.05, 4.69) is 59.3 Å². The second kappa shape index (κ2) is 15.6. The number of aryl methyl sites for hydroxylation is 2. The molecular weight excluding hydrogens is 705 g/mol. The van der Waals surface area contributed by atoms with Gasteiger partial charge >= 0.3 is 0 Å². The number of carbonyl (C=O) groups excluding carboxylic acids is 1. The van der Waals surface area contributed by atoms with Crippen LogP contribution in [0, 0.1) is 0 Å². The molecule has 1 amide bonds. The monoisotopic (exact) mass is 747 g/mol. The molecule has 4 heterocycles. The Morgan fingerprint density at radius 3 is 2.44 bits per heavy atom. The van der Waals surface area contributed by atoms with Crippen molar-refractivity contribution in [1.82, 2.24) is 40.0 Å². The van der Waals surface area contributed by atoms with Crippen LogP contribution >= 0.6 is 23.2 Å². The number of tetrazole rings is 1. The minimum atomic E-state index is -0.305. The van der Waals surface area contributed by atoms with Crippen LogP contribution in [-0.2, 0) is 18.4 Å². The first kappa shape index (κ1) is 35.8. The maximum atomic E-state index is 14.0. The summed E-state index contributed by atoms with van der Waals surface area (Å²) in [4.78, 5) is 26.0. The smallest absolute Gasteiger partial charge is 0.254 e. The number of aromatic amines is 1. The largest absolute Gasteiger partial charge is 0.493 e. The number of anilines is 1. The molecule has 52 heavy (non-hydrogen) atoms. The molecule has 2 aromatic heterocycles. The standard InChI is InChI=1S/C37H43Cl2N9O4/c1-50-31-21-25(22-32(51-2)34(31)52-3)35(49)47-18-13-37(24-47,26-9-10-27(38)28(39)23-26)12-17-45-14-6-15-46(20-19-45)36-40-29-7-4-5-8-30(29)48(36)16-11-33-41-43-44-42-33/h4-5,7-10,21-23H,6,11-20,24H2,1-3H3,(H,41,42,43,44). The van der Waals surface area contributed by atoms with E-state index in [1.54, 1.807) is 33.5 Å². The van der Waals surface area contributed by atoms with Crippen molar-refractivity contribution in [2.75, 3.05) is 72.0 Å². The fourth-order valence-electron chi connectivity index (χ4n) is 7.64. The van der Waals surface area contributed by atoms with Crippen LogP contribution < -0.4 is 19.1 Å². The number of H-pyrrole nitrogens is 1. The number of fused-ring (bicyclic) bond motifs is 1. The number of nitrogens with one attached hydrogen (secondary N) is 1. The molecule has 0 spiro atoms. The molecule has 0 bridgehead atoms. The molecule has 2 aliphatic heterocycles. The van der Waals surface area contributed by atoms with Crippen LogP contribution in [0.4, 0.5) is 5.95 Å². The van der Waals surface area contributed by atoms with Gasteiger partial charge in [0.2, 0.25) is 11.7 Å². The molecule has 0 aliphatic carbocycles. The Kier molecular flexibility index (Phi) is 10.7. The third-order valence-electron chi connectivity index (χ3n) is 10.5. The molecule has 1 N–H and O–H groups in total. The molecule has 15 heteroatoms. The van der Waals surface area contributed by atoms with E-state index in [0.29, 0.717) is 58.9 Å². The molecule has 0 saturated carbocycles. The maximum Gasteiger partial charge on any atom is 0.254 e. The Morgan fingerprint density at radius 1 is 0.904 bits per heavy atom. The van der Waals surface area contributed by atoms with Gasteiger partial charge in [-0.1, -0.05) is 41.4 Å². The van der Waals surface area contributed by atoms with E-state index in [1.807, 2.05) is 23.1 Å². The Hall–Kier alpha value is -4.59. The molecule has 5 aromatic rings. The molecule has 7 rings (SSSR count). The number of imidazole rings is 1. The predicted molar refractivity (Wildman–Crippen MR) is 200 cm³/mol. The average molecular weight is 749 g/mol. The van der Waals surface area contributed by atoms with Crippen molar-refractivity contribution in [2.45, 2.75) is 37.6 Å². The summed E-state index contributed by atoms with van der Waals surface area (Å²) in [5.41, 5.74) is 3.34. The molecule has 3 aromatic carbocycles. The number of benzene rings is 3. The minimum absolute atomic E-state index is 0.0888. The third kappa shape index (κ3) is 7.22. The highest BCUT2D eigenvalue weighted by atomic mass is 35.5. The molecule has 2 aliphatic rings. The Morgan fingerprint density at radius 2 is 1.71 bits per heavy atom. The van der Waals surface area contributed by atoms with Crippen LogP contribution in [0.15, 0.2) is 54.6 Å². The summed E-state index contributed by atoms with van der Waals surface area (Å²) >= 11 is 13.0. The van der Waals surface area contributed by atoms with E-state index >= 15 is 0 Å². The van der Waals surface area contributed by atoms with E-state index in [1.165, 1.54) is 0 Å². The number of hydrogen-bond acceptors (Lipinski definition) is 10. The Labute approximate surface area is 312 Å². The van der Waals surface area contributed by atoms with E-state index in [9.17, 15) is 4.79 Å². The lowest BCUT2D eigenvalue weighted by Gasteiger charge is -2.33. The highest BCUT2D eigenvalue weighted by Gasteiger charge is 2.42. The molecular formula is C37H43Cl2N9O4. The summed E-state index contributed by atoms with van der Waals surface area (Å²) in [5, 5.41) is 15.5. The lowest BCUT2D eigenvalue weighted by molar-refractivity contribution is 0.0780. The summed E-state index contributed by atoms with van der Waals surface area (Å²) in [5.74, 6) is 2.97. The van der Waals surface area contributed by atoms with Crippen LogP contribution in [0.5, 0.6) is 17.2 Å². The van der Waals surface area contributed by atoms with Crippen LogP contribution in [0.3, 0.4) is 0 Å². The van der Waals surface area contributed by atoms with Gasteiger partial charge in [0, 0.05) is 56.7 Å². The first-order chi connectivity index (χ1) is 25.3. The molecule has 13 nitrogen and oxygen atoms in total. The second-order valence-corrected chi connectivity index (χ2v) is 14.2. The molecule has 2 saturated heterocycles. The van der Waals surface area contributed by atoms with Gasteiger partial charge < -0.3 is 33.5 Å². The van der Waals surface area contributed by atoms with Crippen LogP contribution in [0.2, 0.25) is 10.0 Å². The number of rotatable bonds is 12. The molecule has 1 unspecified atom stereocenters. The topological polar surface area (TPSA) is 127 Å². The zero-order valence-electron chi connectivity index (χ0n) is 29.6. The number of hydrogen-bond donors (Lipinski definition) is 1. The van der Waals surface area contributed by atoms with Crippen LogP contribution in [0.25, 0.3) is 11.0 Å². The zero-order chi connectivity index (χ0) is 36.2. The number of halogens is 2. The Balaban J connectivity index is 1.08. The number of methoxy groups -OCH3 is 3. The van der Waals surface area contributed by atoms with Gasteiger partial charge in [0.25, 0.3) is 5.91 Å². The third-order valence-corrected chi connectivity index (χ3v) is 11.2. The fraction of sp³-hybridized carbons (Fsp3) is 0.432. The summed E-state index contributed by atoms with van der Waals surface area (Å²) < 4.78 is 18.9. The molecule has 0 radical (unpaired) electrons. The summed E-state index contributed by atoms with van der Waals surface area (Å²) in [6, 6.07) is 17.6. The van der Waals surface area contributed by atoms with Gasteiger partial charge in [-0.05, 0) is 84.7 Å². The summed E-state index contributed by atoms with van der Waals surface area (Å²) in [7, 11) is 4.65. The number of amides is 1. The number of carbonyl (C=O) groups is 1. The first-order valence-electron chi connectivity index (χ1n) is 17.5. The van der Waals surface area contributed by atoms with Gasteiger partial charge in [-0.15, -0.1) is 5.10 Å². The van der Waals surface area contributed by atoms with Gasteiger partial charge in [-0.25, -0.2) is 10.1 Å². The van der Waals surface area contributed by atoms with Gasteiger partial charge in [-0.3, -0.25) is 4.79 Å². The van der Waals surface area contributed by atoms with Crippen molar-refractivity contribution in [1.29, 1.82) is 0 Å². The number of aromatic nitrogens is 6. The van der Waals surface area contributed by atoms with Crippen molar-refractivity contribution < 1.29 is 19.0 Å². The van der Waals surface area contributed by atoms with Crippen LogP contribution in [0.1, 0.15) is 41.0 Å². The van der Waals surface area contributed by atoms with E-state index in [-0.39, 0.29) is 11.3 Å². The van der Waals surface area contributed by atoms with Crippen molar-refractivity contribution in [3.63, 3.8) is 0 Å². The molecule has 1 atom stereocenters. The van der Waals surface area contributed by atoms with Crippen LogP contribution in [-0.4, -0.2) is 113 Å². The lowest BCUT2D eigenvalue weighted by atomic mass is 9.76. The van der Waals surface area contributed by atoms with Gasteiger partial charge in [0.1, 0.15) is 5.82 Å². The normalized spacial score (nSPS) is 18.2. The summed E-state index contributed by atoms with van der Waals surface area (Å²) in [6.45, 7) is 6.33. The van der Waals surface area contributed by atoms with Gasteiger partial charge in [-0.2, -0.15) is 0 Å². The second-order valence-electron chi connectivity index (χ2n) is 13.4.